The quantitative estimate of drug-likeness (QED) is 0.426. The van der Waals surface area contributed by atoms with Gasteiger partial charge in [0.15, 0.2) is 5.16 Å². The zero-order valence-corrected chi connectivity index (χ0v) is 17.5. The fraction of sp³-hybridized carbons (Fsp3) is 0.273. The van der Waals surface area contributed by atoms with Gasteiger partial charge in [-0.1, -0.05) is 64.9 Å². The third-order valence-corrected chi connectivity index (χ3v) is 6.04. The smallest absolute Gasteiger partial charge is 0.237 e. The average molecular weight is 419 g/mol. The molecule has 0 aliphatic carbocycles. The van der Waals surface area contributed by atoms with Crippen LogP contribution in [0.25, 0.3) is 17.1 Å². The third-order valence-electron chi connectivity index (χ3n) is 5.12. The Morgan fingerprint density at radius 3 is 2.50 bits per heavy atom. The Kier molecular flexibility index (Phi) is 5.23. The lowest BCUT2D eigenvalue weighted by Gasteiger charge is -2.18. The molecule has 0 saturated carbocycles. The van der Waals surface area contributed by atoms with Crippen LogP contribution in [-0.4, -0.2) is 38.0 Å². The van der Waals surface area contributed by atoms with Gasteiger partial charge in [-0.15, -0.1) is 10.2 Å². The molecule has 0 amide bonds. The Morgan fingerprint density at radius 1 is 0.967 bits per heavy atom. The Morgan fingerprint density at radius 2 is 1.73 bits per heavy atom. The number of nitrogens with zero attached hydrogens (tertiary/aromatic N) is 6. The van der Waals surface area contributed by atoms with Crippen LogP contribution < -0.4 is 4.90 Å². The van der Waals surface area contributed by atoms with E-state index >= 15 is 0 Å². The normalized spacial score (nSPS) is 13.8. The zero-order chi connectivity index (χ0) is 20.3. The summed E-state index contributed by atoms with van der Waals surface area (Å²) < 4.78 is 7.59. The molecule has 0 unspecified atom stereocenters. The van der Waals surface area contributed by atoms with Crippen LogP contribution in [0.5, 0.6) is 0 Å². The van der Waals surface area contributed by atoms with Gasteiger partial charge in [0.05, 0.1) is 11.4 Å². The Bertz CT molecular complexity index is 1120. The Labute approximate surface area is 179 Å². The van der Waals surface area contributed by atoms with E-state index in [1.807, 2.05) is 30.3 Å². The van der Waals surface area contributed by atoms with Crippen molar-refractivity contribution in [2.24, 2.45) is 0 Å². The van der Waals surface area contributed by atoms with E-state index in [1.165, 1.54) is 18.4 Å². The summed E-state index contributed by atoms with van der Waals surface area (Å²) in [6.45, 7) is 4.12. The highest BCUT2D eigenvalue weighted by atomic mass is 32.2. The molecule has 0 radical (unpaired) electrons. The second-order valence-corrected chi connectivity index (χ2v) is 8.26. The lowest BCUT2D eigenvalue weighted by molar-refractivity contribution is 0.391. The molecule has 3 heterocycles. The Balaban J connectivity index is 1.40. The minimum atomic E-state index is 0.532. The summed E-state index contributed by atoms with van der Waals surface area (Å²) in [5.41, 5.74) is 3.23. The van der Waals surface area contributed by atoms with Crippen LogP contribution in [0.15, 0.2) is 64.3 Å². The summed E-state index contributed by atoms with van der Waals surface area (Å²) in [6.07, 6.45) is 2.38. The standard InChI is InChI=1S/C22H22N6OS/c1-16-9-11-18(12-10-16)28-21(27-13-5-6-14-27)24-25-22(28)30-15-19-23-20(26-29-19)17-7-3-2-4-8-17/h2-4,7-12H,5-6,13-15H2,1H3. The lowest BCUT2D eigenvalue weighted by atomic mass is 10.2. The molecule has 5 rings (SSSR count). The van der Waals surface area contributed by atoms with E-state index in [-0.39, 0.29) is 0 Å². The van der Waals surface area contributed by atoms with Gasteiger partial charge in [-0.2, -0.15) is 4.98 Å². The van der Waals surface area contributed by atoms with Crippen molar-refractivity contribution >= 4 is 17.7 Å². The van der Waals surface area contributed by atoms with Gasteiger partial charge in [-0.3, -0.25) is 4.57 Å². The van der Waals surface area contributed by atoms with Crippen LogP contribution in [0.4, 0.5) is 5.95 Å². The molecule has 1 aliphatic rings. The van der Waals surface area contributed by atoms with Crippen molar-refractivity contribution in [3.63, 3.8) is 0 Å². The highest BCUT2D eigenvalue weighted by Crippen LogP contribution is 2.30. The maximum atomic E-state index is 5.46. The molecule has 0 atom stereocenters. The topological polar surface area (TPSA) is 72.9 Å². The summed E-state index contributed by atoms with van der Waals surface area (Å²) in [4.78, 5) is 6.83. The van der Waals surface area contributed by atoms with Gasteiger partial charge in [0.25, 0.3) is 0 Å². The molecule has 30 heavy (non-hydrogen) atoms. The summed E-state index contributed by atoms with van der Waals surface area (Å²) in [5.74, 6) is 2.60. The van der Waals surface area contributed by atoms with Gasteiger partial charge in [0.1, 0.15) is 0 Å². The van der Waals surface area contributed by atoms with Crippen molar-refractivity contribution in [2.75, 3.05) is 18.0 Å². The molecular formula is C22H22N6OS. The van der Waals surface area contributed by atoms with Crippen molar-refractivity contribution in [3.05, 3.63) is 66.1 Å². The number of aryl methyl sites for hydroxylation is 1. The first-order valence-corrected chi connectivity index (χ1v) is 11.0. The molecule has 0 spiro atoms. The number of aromatic nitrogens is 5. The van der Waals surface area contributed by atoms with Crippen LogP contribution in [0.1, 0.15) is 24.3 Å². The second-order valence-electron chi connectivity index (χ2n) is 7.31. The number of thioether (sulfide) groups is 1. The van der Waals surface area contributed by atoms with Crippen molar-refractivity contribution in [3.8, 4) is 17.1 Å². The van der Waals surface area contributed by atoms with E-state index in [1.54, 1.807) is 11.8 Å². The molecule has 4 aromatic rings. The maximum Gasteiger partial charge on any atom is 0.237 e. The molecule has 2 aromatic heterocycles. The second kappa shape index (κ2) is 8.31. The fourth-order valence-electron chi connectivity index (χ4n) is 3.54. The summed E-state index contributed by atoms with van der Waals surface area (Å²) in [7, 11) is 0. The molecule has 1 saturated heterocycles. The van der Waals surface area contributed by atoms with E-state index in [0.717, 1.165) is 35.4 Å². The predicted octanol–water partition coefficient (Wildman–Crippen LogP) is 4.52. The van der Waals surface area contributed by atoms with Crippen LogP contribution in [0.3, 0.4) is 0 Å². The van der Waals surface area contributed by atoms with Gasteiger partial charge < -0.3 is 9.42 Å². The number of hydrogen-bond acceptors (Lipinski definition) is 7. The average Bonchev–Trinajstić information content (AvgIpc) is 3.53. The number of hydrogen-bond donors (Lipinski definition) is 0. The van der Waals surface area contributed by atoms with Crippen LogP contribution >= 0.6 is 11.8 Å². The monoisotopic (exact) mass is 418 g/mol. The predicted molar refractivity (Wildman–Crippen MR) is 117 cm³/mol. The van der Waals surface area contributed by atoms with E-state index in [4.69, 9.17) is 4.52 Å². The lowest BCUT2D eigenvalue weighted by Crippen LogP contribution is -2.22. The van der Waals surface area contributed by atoms with Gasteiger partial charge >= 0.3 is 0 Å². The molecule has 1 fully saturated rings. The third kappa shape index (κ3) is 3.82. The first kappa shape index (κ1) is 18.9. The van der Waals surface area contributed by atoms with E-state index < -0.39 is 0 Å². The number of anilines is 1. The molecule has 7 nitrogen and oxygen atoms in total. The molecule has 8 heteroatoms. The molecule has 1 aliphatic heterocycles. The highest BCUT2D eigenvalue weighted by molar-refractivity contribution is 7.98. The first-order chi connectivity index (χ1) is 14.8. The summed E-state index contributed by atoms with van der Waals surface area (Å²) in [5, 5.41) is 13.9. The minimum Gasteiger partial charge on any atom is -0.341 e. The van der Waals surface area contributed by atoms with Gasteiger partial charge in [0, 0.05) is 18.7 Å². The van der Waals surface area contributed by atoms with Gasteiger partial charge in [-0.25, -0.2) is 0 Å². The van der Waals surface area contributed by atoms with Crippen LogP contribution in [0.2, 0.25) is 0 Å². The molecule has 0 bridgehead atoms. The molecular weight excluding hydrogens is 396 g/mol. The van der Waals surface area contributed by atoms with Crippen LogP contribution in [0, 0.1) is 6.92 Å². The molecule has 0 N–H and O–H groups in total. The van der Waals surface area contributed by atoms with Crippen molar-refractivity contribution < 1.29 is 4.52 Å². The van der Waals surface area contributed by atoms with Gasteiger partial charge in [-0.05, 0) is 31.9 Å². The molecule has 2 aromatic carbocycles. The van der Waals surface area contributed by atoms with Crippen LogP contribution in [-0.2, 0) is 5.75 Å². The number of benzene rings is 2. The summed E-state index contributed by atoms with van der Waals surface area (Å²) in [6, 6.07) is 18.3. The Hall–Kier alpha value is -3.13. The van der Waals surface area contributed by atoms with Gasteiger partial charge in [0.2, 0.25) is 17.7 Å². The maximum absolute atomic E-state index is 5.46. The van der Waals surface area contributed by atoms with Crippen molar-refractivity contribution in [2.45, 2.75) is 30.7 Å². The first-order valence-electron chi connectivity index (χ1n) is 10.1. The van der Waals surface area contributed by atoms with E-state index in [0.29, 0.717) is 17.5 Å². The van der Waals surface area contributed by atoms with Crippen molar-refractivity contribution in [1.82, 2.24) is 24.9 Å². The molecule has 152 valence electrons. The SMILES string of the molecule is Cc1ccc(-n2c(SCc3nc(-c4ccccc4)no3)nnc2N2CCCC2)cc1. The zero-order valence-electron chi connectivity index (χ0n) is 16.7. The van der Waals surface area contributed by atoms with E-state index in [2.05, 4.69) is 61.0 Å². The highest BCUT2D eigenvalue weighted by Gasteiger charge is 2.23. The fourth-order valence-corrected chi connectivity index (χ4v) is 4.33. The minimum absolute atomic E-state index is 0.532. The number of rotatable bonds is 6. The summed E-state index contributed by atoms with van der Waals surface area (Å²) >= 11 is 1.55. The largest absolute Gasteiger partial charge is 0.341 e. The van der Waals surface area contributed by atoms with Crippen molar-refractivity contribution in [1.29, 1.82) is 0 Å². The van der Waals surface area contributed by atoms with E-state index in [9.17, 15) is 0 Å².